The lowest BCUT2D eigenvalue weighted by atomic mass is 10.2. The first kappa shape index (κ1) is 15.9. The Morgan fingerprint density at radius 1 is 1.27 bits per heavy atom. The van der Waals surface area contributed by atoms with Crippen LogP contribution in [0.4, 0.5) is 11.4 Å². The highest BCUT2D eigenvalue weighted by molar-refractivity contribution is 7.80. The van der Waals surface area contributed by atoms with E-state index in [2.05, 4.69) is 15.8 Å². The highest BCUT2D eigenvalue weighted by Gasteiger charge is 2.04. The number of nitro groups is 1. The number of nitro benzene ring substituents is 1. The first-order valence-corrected chi connectivity index (χ1v) is 6.93. The smallest absolute Gasteiger partial charge is 0.270 e. The van der Waals surface area contributed by atoms with Crippen molar-refractivity contribution in [2.45, 2.75) is 0 Å². The second-order valence-corrected chi connectivity index (χ2v) is 5.03. The minimum Gasteiger partial charge on any atom is -0.331 e. The average Bonchev–Trinajstić information content (AvgIpc) is 2.47. The summed E-state index contributed by atoms with van der Waals surface area (Å²) in [6.45, 7) is 0. The number of halogens is 1. The largest absolute Gasteiger partial charge is 0.331 e. The monoisotopic (exact) mass is 334 g/mol. The van der Waals surface area contributed by atoms with Crippen molar-refractivity contribution >= 4 is 46.5 Å². The standard InChI is InChI=1S/C14H11ClN4O2S/c15-11-4-2-5-12(8-11)17-14(22)18-16-9-10-3-1-6-13(7-10)19(20)21/h1-9H,(H2,17,18,22)/b16-9-. The fourth-order valence-corrected chi connectivity index (χ4v) is 1.97. The van der Waals surface area contributed by atoms with E-state index in [1.54, 1.807) is 30.3 Å². The van der Waals surface area contributed by atoms with Crippen LogP contribution in [0.1, 0.15) is 5.56 Å². The summed E-state index contributed by atoms with van der Waals surface area (Å²) in [6.07, 6.45) is 1.44. The topological polar surface area (TPSA) is 79.6 Å². The summed E-state index contributed by atoms with van der Waals surface area (Å²) in [5.41, 5.74) is 3.95. The van der Waals surface area contributed by atoms with E-state index in [-0.39, 0.29) is 10.8 Å². The van der Waals surface area contributed by atoms with Gasteiger partial charge >= 0.3 is 0 Å². The van der Waals surface area contributed by atoms with Gasteiger partial charge in [-0.05, 0) is 30.4 Å². The Bertz CT molecular complexity index is 736. The van der Waals surface area contributed by atoms with Crippen LogP contribution in [0.3, 0.4) is 0 Å². The van der Waals surface area contributed by atoms with Crippen molar-refractivity contribution in [2.24, 2.45) is 5.10 Å². The van der Waals surface area contributed by atoms with E-state index in [1.165, 1.54) is 18.3 Å². The molecular formula is C14H11ClN4O2S. The average molecular weight is 335 g/mol. The number of hydrogen-bond donors (Lipinski definition) is 2. The van der Waals surface area contributed by atoms with E-state index >= 15 is 0 Å². The molecule has 0 radical (unpaired) electrons. The molecule has 0 atom stereocenters. The normalized spacial score (nSPS) is 10.4. The molecule has 0 aliphatic carbocycles. The van der Waals surface area contributed by atoms with Gasteiger partial charge in [0.1, 0.15) is 0 Å². The van der Waals surface area contributed by atoms with Crippen LogP contribution < -0.4 is 10.7 Å². The van der Waals surface area contributed by atoms with Gasteiger partial charge in [-0.3, -0.25) is 15.5 Å². The lowest BCUT2D eigenvalue weighted by Crippen LogP contribution is -2.23. The van der Waals surface area contributed by atoms with Gasteiger partial charge in [0.15, 0.2) is 5.11 Å². The maximum atomic E-state index is 10.7. The van der Waals surface area contributed by atoms with E-state index in [0.717, 1.165) is 5.69 Å². The molecule has 0 aliphatic heterocycles. The van der Waals surface area contributed by atoms with Gasteiger partial charge in [-0.15, -0.1) is 0 Å². The first-order chi connectivity index (χ1) is 10.5. The zero-order chi connectivity index (χ0) is 15.9. The van der Waals surface area contributed by atoms with E-state index in [9.17, 15) is 10.1 Å². The minimum absolute atomic E-state index is 0.00331. The lowest BCUT2D eigenvalue weighted by Gasteiger charge is -2.06. The van der Waals surface area contributed by atoms with Crippen LogP contribution >= 0.6 is 23.8 Å². The van der Waals surface area contributed by atoms with Crippen LogP contribution in [0.15, 0.2) is 53.6 Å². The Hall–Kier alpha value is -2.51. The van der Waals surface area contributed by atoms with Crippen LogP contribution in [0, 0.1) is 10.1 Å². The summed E-state index contributed by atoms with van der Waals surface area (Å²) in [5.74, 6) is 0. The van der Waals surface area contributed by atoms with Gasteiger partial charge in [0.05, 0.1) is 11.1 Å². The SMILES string of the molecule is O=[N+]([O-])c1cccc(/C=N\NC(=S)Nc2cccc(Cl)c2)c1. The molecule has 0 spiro atoms. The van der Waals surface area contributed by atoms with Crippen molar-refractivity contribution in [1.82, 2.24) is 5.43 Å². The lowest BCUT2D eigenvalue weighted by molar-refractivity contribution is -0.384. The summed E-state index contributed by atoms with van der Waals surface area (Å²) in [5, 5.41) is 18.4. The molecule has 112 valence electrons. The number of hydrazone groups is 1. The third-order valence-electron chi connectivity index (χ3n) is 2.54. The second kappa shape index (κ2) is 7.48. The van der Waals surface area contributed by atoms with Crippen LogP contribution in [-0.4, -0.2) is 16.3 Å². The summed E-state index contributed by atoms with van der Waals surface area (Å²) in [4.78, 5) is 10.2. The molecule has 0 aromatic heterocycles. The van der Waals surface area contributed by atoms with Crippen LogP contribution in [0.5, 0.6) is 0 Å². The first-order valence-electron chi connectivity index (χ1n) is 6.15. The zero-order valence-electron chi connectivity index (χ0n) is 11.2. The van der Waals surface area contributed by atoms with Gasteiger partial charge in [0.2, 0.25) is 0 Å². The Morgan fingerprint density at radius 3 is 2.77 bits per heavy atom. The molecule has 0 saturated carbocycles. The molecule has 2 aromatic rings. The Labute approximate surface area is 136 Å². The number of nitrogens with zero attached hydrogens (tertiary/aromatic N) is 2. The molecule has 22 heavy (non-hydrogen) atoms. The molecule has 8 heteroatoms. The number of nitrogens with one attached hydrogen (secondary N) is 2. The maximum Gasteiger partial charge on any atom is 0.270 e. The van der Waals surface area contributed by atoms with Gasteiger partial charge in [0, 0.05) is 28.4 Å². The van der Waals surface area contributed by atoms with Gasteiger partial charge in [-0.1, -0.05) is 29.8 Å². The molecule has 0 fully saturated rings. The van der Waals surface area contributed by atoms with Crippen LogP contribution in [0.2, 0.25) is 5.02 Å². The highest BCUT2D eigenvalue weighted by atomic mass is 35.5. The van der Waals surface area contributed by atoms with E-state index in [4.69, 9.17) is 23.8 Å². The fraction of sp³-hybridized carbons (Fsp3) is 0. The number of anilines is 1. The van der Waals surface area contributed by atoms with Crippen molar-refractivity contribution in [2.75, 3.05) is 5.32 Å². The van der Waals surface area contributed by atoms with Crippen LogP contribution in [-0.2, 0) is 0 Å². The summed E-state index contributed by atoms with van der Waals surface area (Å²) in [7, 11) is 0. The Kier molecular flexibility index (Phi) is 5.40. The fourth-order valence-electron chi connectivity index (χ4n) is 1.61. The van der Waals surface area contributed by atoms with E-state index in [1.807, 2.05) is 6.07 Å². The molecule has 0 aliphatic rings. The van der Waals surface area contributed by atoms with Crippen molar-refractivity contribution in [3.8, 4) is 0 Å². The van der Waals surface area contributed by atoms with Gasteiger partial charge in [0.25, 0.3) is 5.69 Å². The third-order valence-corrected chi connectivity index (χ3v) is 2.97. The van der Waals surface area contributed by atoms with Crippen molar-refractivity contribution in [3.63, 3.8) is 0 Å². The van der Waals surface area contributed by atoms with Gasteiger partial charge < -0.3 is 5.32 Å². The molecule has 0 saturated heterocycles. The van der Waals surface area contributed by atoms with E-state index < -0.39 is 4.92 Å². The Balaban J connectivity index is 1.93. The van der Waals surface area contributed by atoms with E-state index in [0.29, 0.717) is 10.6 Å². The molecule has 0 unspecified atom stereocenters. The number of non-ortho nitro benzene ring substituents is 1. The third kappa shape index (κ3) is 4.80. The second-order valence-electron chi connectivity index (χ2n) is 4.19. The van der Waals surface area contributed by atoms with Gasteiger partial charge in [-0.25, -0.2) is 0 Å². The van der Waals surface area contributed by atoms with Crippen molar-refractivity contribution < 1.29 is 4.92 Å². The molecule has 2 N–H and O–H groups in total. The molecule has 0 amide bonds. The molecule has 2 rings (SSSR count). The maximum absolute atomic E-state index is 10.7. The predicted molar refractivity (Wildman–Crippen MR) is 91.5 cm³/mol. The molecule has 6 nitrogen and oxygen atoms in total. The van der Waals surface area contributed by atoms with Crippen molar-refractivity contribution in [3.05, 3.63) is 69.2 Å². The zero-order valence-corrected chi connectivity index (χ0v) is 12.8. The van der Waals surface area contributed by atoms with Crippen LogP contribution in [0.25, 0.3) is 0 Å². The summed E-state index contributed by atoms with van der Waals surface area (Å²) in [6, 6.07) is 13.2. The molecule has 2 aromatic carbocycles. The predicted octanol–water partition coefficient (Wildman–Crippen LogP) is 3.57. The number of thiocarbonyl (C=S) groups is 1. The molecule has 0 heterocycles. The summed E-state index contributed by atoms with van der Waals surface area (Å²) < 4.78 is 0. The number of hydrogen-bond acceptors (Lipinski definition) is 4. The quantitative estimate of drug-likeness (QED) is 0.387. The number of benzene rings is 2. The number of rotatable bonds is 4. The molecular weight excluding hydrogens is 324 g/mol. The Morgan fingerprint density at radius 2 is 2.05 bits per heavy atom. The van der Waals surface area contributed by atoms with Crippen molar-refractivity contribution in [1.29, 1.82) is 0 Å². The van der Waals surface area contributed by atoms with Gasteiger partial charge in [-0.2, -0.15) is 5.10 Å². The highest BCUT2D eigenvalue weighted by Crippen LogP contribution is 2.14. The summed E-state index contributed by atoms with van der Waals surface area (Å²) >= 11 is 10.9. The minimum atomic E-state index is -0.462. The molecule has 0 bridgehead atoms.